The predicted molar refractivity (Wildman–Crippen MR) is 87.5 cm³/mol. The average molecular weight is 338 g/mol. The van der Waals surface area contributed by atoms with Gasteiger partial charge in [0.15, 0.2) is 10.9 Å². The Morgan fingerprint density at radius 3 is 2.75 bits per heavy atom. The highest BCUT2D eigenvalue weighted by Crippen LogP contribution is 2.28. The van der Waals surface area contributed by atoms with E-state index in [-0.39, 0.29) is 5.76 Å². The van der Waals surface area contributed by atoms with Gasteiger partial charge in [-0.15, -0.1) is 11.3 Å². The number of hydrogen-bond donors (Lipinski definition) is 1. The highest BCUT2D eigenvalue weighted by Gasteiger charge is 2.15. The quantitative estimate of drug-likeness (QED) is 0.609. The van der Waals surface area contributed by atoms with E-state index < -0.39 is 5.91 Å². The van der Waals surface area contributed by atoms with Gasteiger partial charge in [-0.05, 0) is 0 Å². The van der Waals surface area contributed by atoms with Crippen LogP contribution < -0.4 is 5.32 Å². The van der Waals surface area contributed by atoms with Gasteiger partial charge < -0.3 is 9.05 Å². The summed E-state index contributed by atoms with van der Waals surface area (Å²) in [6.07, 6.45) is 1.40. The molecule has 4 aromatic rings. The lowest BCUT2D eigenvalue weighted by Gasteiger charge is -1.95. The molecule has 0 spiro atoms. The Balaban J connectivity index is 1.53. The lowest BCUT2D eigenvalue weighted by atomic mass is 10.1. The summed E-state index contributed by atoms with van der Waals surface area (Å²) in [5.41, 5.74) is 2.29. The van der Waals surface area contributed by atoms with Crippen LogP contribution in [0.1, 0.15) is 10.6 Å². The van der Waals surface area contributed by atoms with E-state index in [9.17, 15) is 4.79 Å². The van der Waals surface area contributed by atoms with Crippen LogP contribution in [0.2, 0.25) is 0 Å². The molecule has 0 atom stereocenters. The van der Waals surface area contributed by atoms with Crippen molar-refractivity contribution in [1.29, 1.82) is 0 Å². The maximum absolute atomic E-state index is 11.9. The van der Waals surface area contributed by atoms with Gasteiger partial charge in [0.2, 0.25) is 5.76 Å². The normalized spacial score (nSPS) is 10.7. The lowest BCUT2D eigenvalue weighted by molar-refractivity contribution is 0.0988. The molecule has 3 heterocycles. The molecule has 0 saturated carbocycles. The fraction of sp³-hybridized carbons (Fsp3) is 0. The number of thiazole rings is 1. The zero-order chi connectivity index (χ0) is 16.4. The number of anilines is 1. The molecule has 8 heteroatoms. The fourth-order valence-electron chi connectivity index (χ4n) is 2.08. The van der Waals surface area contributed by atoms with Gasteiger partial charge in [-0.2, -0.15) is 0 Å². The van der Waals surface area contributed by atoms with Crippen molar-refractivity contribution in [3.05, 3.63) is 59.8 Å². The van der Waals surface area contributed by atoms with Gasteiger partial charge in [0.1, 0.15) is 11.4 Å². The number of nitrogens with one attached hydrogen (secondary N) is 1. The minimum Gasteiger partial charge on any atom is -0.354 e. The topological polar surface area (TPSA) is 94.1 Å². The molecule has 1 amide bonds. The van der Waals surface area contributed by atoms with Gasteiger partial charge in [0.05, 0.1) is 6.20 Å². The Labute approximate surface area is 139 Å². The number of nitrogens with zero attached hydrogens (tertiary/aromatic N) is 3. The number of hydrogen-bond acceptors (Lipinski definition) is 7. The van der Waals surface area contributed by atoms with Crippen LogP contribution in [-0.4, -0.2) is 21.2 Å². The van der Waals surface area contributed by atoms with Crippen LogP contribution in [0.3, 0.4) is 0 Å². The largest absolute Gasteiger partial charge is 0.354 e. The summed E-state index contributed by atoms with van der Waals surface area (Å²) < 4.78 is 10.1. The average Bonchev–Trinajstić information content (AvgIpc) is 3.36. The van der Waals surface area contributed by atoms with Gasteiger partial charge in [0, 0.05) is 23.1 Å². The molecule has 1 aromatic carbocycles. The van der Waals surface area contributed by atoms with Crippen LogP contribution in [0, 0.1) is 0 Å². The molecule has 0 aliphatic carbocycles. The second-order valence-corrected chi connectivity index (χ2v) is 5.67. The second-order valence-electron chi connectivity index (χ2n) is 4.81. The third-order valence-corrected chi connectivity index (χ3v) is 3.98. The monoisotopic (exact) mass is 338 g/mol. The van der Waals surface area contributed by atoms with E-state index in [1.54, 1.807) is 5.38 Å². The summed E-state index contributed by atoms with van der Waals surface area (Å²) in [6.45, 7) is 0. The standard InChI is InChI=1S/C16H10N4O3S/c21-15(13-6-7-17-22-13)19-16-18-12(9-24-16)14-8-11(20-23-14)10-4-2-1-3-5-10/h1-9H,(H,18,19,21). The van der Waals surface area contributed by atoms with Crippen molar-refractivity contribution >= 4 is 22.4 Å². The Morgan fingerprint density at radius 2 is 1.96 bits per heavy atom. The van der Waals surface area contributed by atoms with E-state index in [0.29, 0.717) is 16.6 Å². The third kappa shape index (κ3) is 2.82. The fourth-order valence-corrected chi connectivity index (χ4v) is 2.77. The number of rotatable bonds is 4. The Kier molecular flexibility index (Phi) is 3.64. The van der Waals surface area contributed by atoms with E-state index >= 15 is 0 Å². The molecule has 0 saturated heterocycles. The maximum atomic E-state index is 11.9. The molecular weight excluding hydrogens is 328 g/mol. The van der Waals surface area contributed by atoms with E-state index in [4.69, 9.17) is 9.05 Å². The molecule has 0 fully saturated rings. The number of amides is 1. The summed E-state index contributed by atoms with van der Waals surface area (Å²) in [7, 11) is 0. The predicted octanol–water partition coefficient (Wildman–Crippen LogP) is 3.71. The van der Waals surface area contributed by atoms with Crippen LogP contribution in [0.25, 0.3) is 22.7 Å². The molecule has 0 bridgehead atoms. The van der Waals surface area contributed by atoms with E-state index in [0.717, 1.165) is 11.3 Å². The zero-order valence-electron chi connectivity index (χ0n) is 12.2. The molecular formula is C16H10N4O3S. The summed E-state index contributed by atoms with van der Waals surface area (Å²) in [5, 5.41) is 12.4. The van der Waals surface area contributed by atoms with Crippen molar-refractivity contribution in [2.45, 2.75) is 0 Å². The van der Waals surface area contributed by atoms with Crippen molar-refractivity contribution < 1.29 is 13.8 Å². The van der Waals surface area contributed by atoms with Crippen molar-refractivity contribution in [3.8, 4) is 22.7 Å². The summed E-state index contributed by atoms with van der Waals surface area (Å²) in [5.74, 6) is 0.249. The molecule has 1 N–H and O–H groups in total. The smallest absolute Gasteiger partial charge is 0.296 e. The first-order valence-electron chi connectivity index (χ1n) is 7.00. The minimum atomic E-state index is -0.407. The highest BCUT2D eigenvalue weighted by molar-refractivity contribution is 7.14. The first kappa shape index (κ1) is 14.3. The minimum absolute atomic E-state index is 0.123. The van der Waals surface area contributed by atoms with Gasteiger partial charge >= 0.3 is 0 Å². The highest BCUT2D eigenvalue weighted by atomic mass is 32.1. The number of aromatic nitrogens is 3. The molecule has 7 nitrogen and oxygen atoms in total. The van der Waals surface area contributed by atoms with Crippen molar-refractivity contribution in [2.75, 3.05) is 5.32 Å². The van der Waals surface area contributed by atoms with Gasteiger partial charge in [0.25, 0.3) is 5.91 Å². The molecule has 24 heavy (non-hydrogen) atoms. The van der Waals surface area contributed by atoms with Crippen LogP contribution >= 0.6 is 11.3 Å². The van der Waals surface area contributed by atoms with Crippen LogP contribution in [0.4, 0.5) is 5.13 Å². The second kappa shape index (κ2) is 6.09. The van der Waals surface area contributed by atoms with Crippen molar-refractivity contribution in [2.24, 2.45) is 0 Å². The molecule has 118 valence electrons. The van der Waals surface area contributed by atoms with Gasteiger partial charge in [-0.3, -0.25) is 10.1 Å². The zero-order valence-corrected chi connectivity index (χ0v) is 13.0. The third-order valence-electron chi connectivity index (χ3n) is 3.22. The van der Waals surface area contributed by atoms with E-state index in [2.05, 4.69) is 20.6 Å². The molecule has 0 aliphatic rings. The first-order chi connectivity index (χ1) is 11.8. The molecule has 4 rings (SSSR count). The molecule has 0 unspecified atom stereocenters. The van der Waals surface area contributed by atoms with Crippen molar-refractivity contribution in [1.82, 2.24) is 15.3 Å². The number of carbonyl (C=O) groups excluding carboxylic acids is 1. The maximum Gasteiger partial charge on any atom is 0.296 e. The first-order valence-corrected chi connectivity index (χ1v) is 7.87. The molecule has 0 aliphatic heterocycles. The Morgan fingerprint density at radius 1 is 1.08 bits per heavy atom. The van der Waals surface area contributed by atoms with Gasteiger partial charge in [-0.1, -0.05) is 40.6 Å². The van der Waals surface area contributed by atoms with Crippen LogP contribution in [-0.2, 0) is 0 Å². The SMILES string of the molecule is O=C(Nc1nc(-c2cc(-c3ccccc3)no2)cs1)c1ccno1. The van der Waals surface area contributed by atoms with Gasteiger partial charge in [-0.25, -0.2) is 4.98 Å². The molecule has 3 aromatic heterocycles. The van der Waals surface area contributed by atoms with E-state index in [1.165, 1.54) is 23.6 Å². The summed E-state index contributed by atoms with van der Waals surface area (Å²) in [4.78, 5) is 16.2. The van der Waals surface area contributed by atoms with Crippen LogP contribution in [0.15, 0.2) is 63.1 Å². The molecule has 0 radical (unpaired) electrons. The van der Waals surface area contributed by atoms with E-state index in [1.807, 2.05) is 36.4 Å². The Bertz CT molecular complexity index is 960. The number of carbonyl (C=O) groups is 1. The summed E-state index contributed by atoms with van der Waals surface area (Å²) >= 11 is 1.28. The van der Waals surface area contributed by atoms with Crippen molar-refractivity contribution in [3.63, 3.8) is 0 Å². The number of benzene rings is 1. The van der Waals surface area contributed by atoms with Crippen LogP contribution in [0.5, 0.6) is 0 Å². The summed E-state index contributed by atoms with van der Waals surface area (Å²) in [6, 6.07) is 13.0. The Hall–Kier alpha value is -3.26. The lowest BCUT2D eigenvalue weighted by Crippen LogP contribution is -2.10.